The number of likely N-dealkylation sites (N-methyl/N-ethyl adjacent to an activating group) is 1. The van der Waals surface area contributed by atoms with Crippen LogP contribution in [0.1, 0.15) is 43.3 Å². The van der Waals surface area contributed by atoms with Gasteiger partial charge in [0.15, 0.2) is 5.65 Å². The first-order valence-corrected chi connectivity index (χ1v) is 13.9. The summed E-state index contributed by atoms with van der Waals surface area (Å²) in [7, 11) is 0. The molecule has 0 amide bonds. The zero-order valence-electron chi connectivity index (χ0n) is 22.8. The van der Waals surface area contributed by atoms with Gasteiger partial charge in [0.2, 0.25) is 0 Å². The van der Waals surface area contributed by atoms with Crippen LogP contribution in [0.3, 0.4) is 0 Å². The molecule has 5 heterocycles. The molecule has 0 radical (unpaired) electrons. The zero-order chi connectivity index (χ0) is 27.1. The highest BCUT2D eigenvalue weighted by molar-refractivity contribution is 5.79. The summed E-state index contributed by atoms with van der Waals surface area (Å²) in [5.41, 5.74) is 5.01. The minimum atomic E-state index is -0.429. The number of aromatic nitrogens is 4. The normalized spacial score (nSPS) is 20.8. The number of hydrogen-bond donors (Lipinski definition) is 0. The molecule has 0 saturated carbocycles. The van der Waals surface area contributed by atoms with Crippen LogP contribution in [0.5, 0.6) is 0 Å². The Morgan fingerprint density at radius 3 is 2.49 bits per heavy atom. The number of nitrogens with zero attached hydrogens (tertiary/aromatic N) is 7. The molecule has 0 N–H and O–H groups in total. The smallest absolute Gasteiger partial charge is 0.165 e. The number of aryl methyl sites for hydroxylation is 1. The van der Waals surface area contributed by atoms with E-state index in [1.54, 1.807) is 4.52 Å². The molecule has 4 aromatic rings. The Labute approximate surface area is 228 Å². The average molecular weight is 532 g/mol. The highest BCUT2D eigenvalue weighted by Gasteiger charge is 2.35. The first-order chi connectivity index (χ1) is 18.9. The average Bonchev–Trinajstić information content (AvgIpc) is 3.53. The molecule has 2 aliphatic rings. The van der Waals surface area contributed by atoms with Gasteiger partial charge in [0, 0.05) is 67.8 Å². The van der Waals surface area contributed by atoms with Crippen molar-refractivity contribution in [2.24, 2.45) is 5.92 Å². The van der Waals surface area contributed by atoms with Crippen molar-refractivity contribution < 1.29 is 8.78 Å². The topological polar surface area (TPSA) is 52.8 Å². The van der Waals surface area contributed by atoms with E-state index in [2.05, 4.69) is 45.8 Å². The van der Waals surface area contributed by atoms with E-state index < -0.39 is 5.82 Å². The summed E-state index contributed by atoms with van der Waals surface area (Å²) in [6.07, 6.45) is 4.59. The fourth-order valence-electron chi connectivity index (χ4n) is 6.11. The van der Waals surface area contributed by atoms with E-state index in [1.165, 1.54) is 18.2 Å². The SMILES string of the molecule is CCN1CCN(Cc2ccc(-c3cnn4ccc(N5CC[C@@H](C)[C@@H]5c5cc(F)ccc5F)nc34)c(C)n2)CC1. The van der Waals surface area contributed by atoms with Gasteiger partial charge in [-0.25, -0.2) is 18.3 Å². The standard InChI is InChI=1S/C30H35F2N7/c1-4-36-13-15-37(16-14-36)19-23-6-7-24(21(3)34-23)26-18-33-39-12-10-28(35-30(26)39)38-11-9-20(2)29(38)25-17-22(31)5-8-27(25)32/h5-8,10,12,17-18,20,29H,4,9,11,13-16,19H2,1-3H3/t20-,29-/m1/s1. The summed E-state index contributed by atoms with van der Waals surface area (Å²) >= 11 is 0. The van der Waals surface area contributed by atoms with E-state index in [0.29, 0.717) is 5.56 Å². The number of pyridine rings is 1. The van der Waals surface area contributed by atoms with Crippen LogP contribution in [0.25, 0.3) is 16.8 Å². The molecule has 9 heteroatoms. The fraction of sp³-hybridized carbons (Fsp3) is 0.433. The van der Waals surface area contributed by atoms with Crippen molar-refractivity contribution in [2.45, 2.75) is 39.8 Å². The van der Waals surface area contributed by atoms with Crippen LogP contribution in [0.2, 0.25) is 0 Å². The molecule has 39 heavy (non-hydrogen) atoms. The predicted molar refractivity (Wildman–Crippen MR) is 149 cm³/mol. The van der Waals surface area contributed by atoms with E-state index in [4.69, 9.17) is 9.97 Å². The molecule has 0 aliphatic carbocycles. The Hall–Kier alpha value is -3.43. The molecular formula is C30H35F2N7. The van der Waals surface area contributed by atoms with Gasteiger partial charge in [-0.15, -0.1) is 0 Å². The molecule has 1 aromatic carbocycles. The molecule has 0 bridgehead atoms. The van der Waals surface area contributed by atoms with Gasteiger partial charge >= 0.3 is 0 Å². The van der Waals surface area contributed by atoms with Gasteiger partial charge in [-0.2, -0.15) is 5.10 Å². The molecule has 0 unspecified atom stereocenters. The Kier molecular flexibility index (Phi) is 7.03. The van der Waals surface area contributed by atoms with E-state index in [1.807, 2.05) is 25.4 Å². The summed E-state index contributed by atoms with van der Waals surface area (Å²) in [6.45, 7) is 13.3. The zero-order valence-corrected chi connectivity index (χ0v) is 22.8. The minimum Gasteiger partial charge on any atom is -0.349 e. The Bertz CT molecular complexity index is 1480. The minimum absolute atomic E-state index is 0.160. The van der Waals surface area contributed by atoms with Gasteiger partial charge in [-0.05, 0) is 56.1 Å². The summed E-state index contributed by atoms with van der Waals surface area (Å²) in [4.78, 5) is 17.0. The van der Waals surface area contributed by atoms with Gasteiger partial charge in [0.1, 0.15) is 17.5 Å². The van der Waals surface area contributed by atoms with Gasteiger partial charge in [0.05, 0.1) is 17.9 Å². The molecule has 3 aromatic heterocycles. The first kappa shape index (κ1) is 25.8. The van der Waals surface area contributed by atoms with E-state index in [-0.39, 0.29) is 17.8 Å². The van der Waals surface area contributed by atoms with Crippen molar-refractivity contribution in [2.75, 3.05) is 44.2 Å². The molecule has 0 spiro atoms. The largest absolute Gasteiger partial charge is 0.349 e. The van der Waals surface area contributed by atoms with Crippen molar-refractivity contribution in [3.8, 4) is 11.1 Å². The van der Waals surface area contributed by atoms with Gasteiger partial charge in [-0.1, -0.05) is 19.9 Å². The van der Waals surface area contributed by atoms with Crippen molar-refractivity contribution >= 4 is 11.5 Å². The number of halogens is 2. The van der Waals surface area contributed by atoms with Crippen molar-refractivity contribution in [1.29, 1.82) is 0 Å². The van der Waals surface area contributed by atoms with Gasteiger partial charge in [-0.3, -0.25) is 9.88 Å². The fourth-order valence-corrected chi connectivity index (χ4v) is 6.11. The van der Waals surface area contributed by atoms with E-state index in [9.17, 15) is 8.78 Å². The first-order valence-electron chi connectivity index (χ1n) is 13.9. The molecule has 2 fully saturated rings. The second kappa shape index (κ2) is 10.6. The molecule has 7 nitrogen and oxygen atoms in total. The number of piperazine rings is 1. The third-order valence-corrected chi connectivity index (χ3v) is 8.36. The van der Waals surface area contributed by atoms with Crippen molar-refractivity contribution in [3.63, 3.8) is 0 Å². The second-order valence-electron chi connectivity index (χ2n) is 10.8. The summed E-state index contributed by atoms with van der Waals surface area (Å²) in [6, 6.07) is 9.53. The van der Waals surface area contributed by atoms with Crippen molar-refractivity contribution in [1.82, 2.24) is 29.4 Å². The Morgan fingerprint density at radius 1 is 0.923 bits per heavy atom. The number of hydrogen-bond acceptors (Lipinski definition) is 6. The van der Waals surface area contributed by atoms with Crippen LogP contribution in [-0.4, -0.2) is 68.7 Å². The van der Waals surface area contributed by atoms with Crippen LogP contribution in [0.15, 0.2) is 48.8 Å². The lowest BCUT2D eigenvalue weighted by Gasteiger charge is -2.33. The summed E-state index contributed by atoms with van der Waals surface area (Å²) in [5.74, 6) is 0.0743. The highest BCUT2D eigenvalue weighted by Crippen LogP contribution is 2.41. The van der Waals surface area contributed by atoms with Crippen LogP contribution in [0, 0.1) is 24.5 Å². The molecule has 204 valence electrons. The van der Waals surface area contributed by atoms with E-state index in [0.717, 1.165) is 86.2 Å². The monoisotopic (exact) mass is 531 g/mol. The maximum Gasteiger partial charge on any atom is 0.165 e. The Morgan fingerprint density at radius 2 is 1.72 bits per heavy atom. The maximum atomic E-state index is 14.8. The number of benzene rings is 1. The molecule has 2 aliphatic heterocycles. The summed E-state index contributed by atoms with van der Waals surface area (Å²) < 4.78 is 30.6. The van der Waals surface area contributed by atoms with Crippen LogP contribution in [0.4, 0.5) is 14.6 Å². The van der Waals surface area contributed by atoms with Gasteiger partial charge in [0.25, 0.3) is 0 Å². The molecule has 2 atom stereocenters. The highest BCUT2D eigenvalue weighted by atomic mass is 19.1. The lowest BCUT2D eigenvalue weighted by Crippen LogP contribution is -2.45. The van der Waals surface area contributed by atoms with E-state index >= 15 is 0 Å². The van der Waals surface area contributed by atoms with Crippen LogP contribution < -0.4 is 4.90 Å². The van der Waals surface area contributed by atoms with Crippen molar-refractivity contribution in [3.05, 3.63) is 77.4 Å². The number of fused-ring (bicyclic) bond motifs is 1. The van der Waals surface area contributed by atoms with Crippen LogP contribution >= 0.6 is 0 Å². The van der Waals surface area contributed by atoms with Gasteiger partial charge < -0.3 is 9.80 Å². The lowest BCUT2D eigenvalue weighted by atomic mass is 9.95. The maximum absolute atomic E-state index is 14.8. The predicted octanol–water partition coefficient (Wildman–Crippen LogP) is 5.10. The number of anilines is 1. The third-order valence-electron chi connectivity index (χ3n) is 8.36. The third kappa shape index (κ3) is 5.01. The molecular weight excluding hydrogens is 496 g/mol. The lowest BCUT2D eigenvalue weighted by molar-refractivity contribution is 0.131. The van der Waals surface area contributed by atoms with Crippen LogP contribution in [-0.2, 0) is 6.54 Å². The second-order valence-corrected chi connectivity index (χ2v) is 10.8. The Balaban J connectivity index is 1.28. The summed E-state index contributed by atoms with van der Waals surface area (Å²) in [5, 5.41) is 4.54. The molecule has 6 rings (SSSR count). The quantitative estimate of drug-likeness (QED) is 0.345. The molecule has 2 saturated heterocycles. The number of rotatable bonds is 6.